The molecule has 2 amide bonds. The van der Waals surface area contributed by atoms with Crippen LogP contribution < -0.4 is 16.6 Å². The van der Waals surface area contributed by atoms with Gasteiger partial charge in [0, 0.05) is 6.54 Å². The zero-order valence-corrected chi connectivity index (χ0v) is 17.5. The van der Waals surface area contributed by atoms with E-state index in [0.29, 0.717) is 19.5 Å². The number of hydrogen-bond donors (Lipinski definition) is 4. The summed E-state index contributed by atoms with van der Waals surface area (Å²) in [6.07, 6.45) is -1.03. The second-order valence-electron chi connectivity index (χ2n) is 8.19. The van der Waals surface area contributed by atoms with Crippen LogP contribution in [-0.4, -0.2) is 64.3 Å². The molecule has 0 aromatic rings. The molecule has 11 heteroatoms. The van der Waals surface area contributed by atoms with Gasteiger partial charge in [0.1, 0.15) is 16.4 Å². The molecule has 1 saturated heterocycles. The number of halogens is 1. The van der Waals surface area contributed by atoms with Crippen LogP contribution in [0.1, 0.15) is 41.0 Å². The Labute approximate surface area is 169 Å². The third-order valence-corrected chi connectivity index (χ3v) is 4.33. The molecule has 0 aromatic carbocycles. The Kier molecular flexibility index (Phi) is 6.59. The number of nitrogens with zero attached hydrogens (tertiary/aromatic N) is 2. The van der Waals surface area contributed by atoms with Crippen LogP contribution >= 0.6 is 11.6 Å². The lowest BCUT2D eigenvalue weighted by molar-refractivity contribution is -0.117. The van der Waals surface area contributed by atoms with Crippen molar-refractivity contribution in [3.8, 4) is 0 Å². The number of aliphatic imine (C=N–C) groups is 1. The van der Waals surface area contributed by atoms with Crippen LogP contribution in [0.15, 0.2) is 15.8 Å². The molecule has 2 aliphatic rings. The van der Waals surface area contributed by atoms with Crippen molar-refractivity contribution in [3.05, 3.63) is 10.9 Å². The number of carbonyl (C=O) groups is 2. The summed E-state index contributed by atoms with van der Waals surface area (Å²) in [6, 6.07) is 0. The van der Waals surface area contributed by atoms with Crippen molar-refractivity contribution < 1.29 is 24.2 Å². The molecule has 2 atom stereocenters. The molecule has 0 aromatic heterocycles. The number of likely N-dealkylation sites (tertiary alicyclic amines) is 1. The molecule has 0 radical (unpaired) electrons. The van der Waals surface area contributed by atoms with Crippen molar-refractivity contribution in [2.24, 2.45) is 10.8 Å². The second kappa shape index (κ2) is 8.24. The van der Waals surface area contributed by atoms with Gasteiger partial charge in [0.15, 0.2) is 11.9 Å². The lowest BCUT2D eigenvalue weighted by atomic mass is 10.00. The molecule has 10 nitrogen and oxygen atoms in total. The summed E-state index contributed by atoms with van der Waals surface area (Å²) in [6.45, 7) is 9.24. The van der Waals surface area contributed by atoms with Crippen molar-refractivity contribution in [1.82, 2.24) is 15.6 Å². The van der Waals surface area contributed by atoms with Gasteiger partial charge in [-0.15, -0.1) is 0 Å². The van der Waals surface area contributed by atoms with Gasteiger partial charge in [-0.2, -0.15) is 0 Å². The van der Waals surface area contributed by atoms with Crippen LogP contribution in [0.3, 0.4) is 0 Å². The smallest absolute Gasteiger partial charge is 0.410 e. The minimum atomic E-state index is -1.39. The molecular weight excluding hydrogens is 390 g/mol. The van der Waals surface area contributed by atoms with E-state index in [1.54, 1.807) is 25.7 Å². The van der Waals surface area contributed by atoms with Crippen LogP contribution in [0.2, 0.25) is 0 Å². The molecule has 0 aliphatic carbocycles. The first-order valence-electron chi connectivity index (χ1n) is 8.94. The average molecular weight is 418 g/mol. The summed E-state index contributed by atoms with van der Waals surface area (Å²) in [4.78, 5) is 29.8. The molecule has 2 rings (SSSR count). The summed E-state index contributed by atoms with van der Waals surface area (Å²) in [7, 11) is 0. The molecule has 28 heavy (non-hydrogen) atoms. The van der Waals surface area contributed by atoms with Gasteiger partial charge in [0.25, 0.3) is 5.91 Å². The van der Waals surface area contributed by atoms with Gasteiger partial charge in [-0.3, -0.25) is 10.2 Å². The number of hydrogen-bond acceptors (Lipinski definition) is 8. The third-order valence-electron chi connectivity index (χ3n) is 4.04. The van der Waals surface area contributed by atoms with Gasteiger partial charge in [-0.25, -0.2) is 15.6 Å². The van der Waals surface area contributed by atoms with E-state index in [1.807, 2.05) is 5.43 Å². The number of hydrazine groups is 1. The number of nitrogens with one attached hydrogen (secondary N) is 2. The summed E-state index contributed by atoms with van der Waals surface area (Å²) < 4.78 is 11.4. The summed E-state index contributed by atoms with van der Waals surface area (Å²) in [5.41, 5.74) is 0.00199. The molecular formula is C17H28ClN5O5. The second-order valence-corrected chi connectivity index (χ2v) is 8.57. The Bertz CT molecular complexity index is 695. The Morgan fingerprint density at radius 3 is 2.54 bits per heavy atom. The number of carbonyl (C=O) groups excluding carboxylic acids is 2. The molecule has 0 spiro atoms. The van der Waals surface area contributed by atoms with Crippen molar-refractivity contribution in [3.63, 3.8) is 0 Å². The fourth-order valence-corrected chi connectivity index (χ4v) is 3.01. The summed E-state index contributed by atoms with van der Waals surface area (Å²) >= 11 is 6.10. The molecule has 0 saturated carbocycles. The third kappa shape index (κ3) is 5.57. The largest absolute Gasteiger partial charge is 0.444 e. The number of rotatable bonds is 4. The molecule has 0 bridgehead atoms. The van der Waals surface area contributed by atoms with Gasteiger partial charge < -0.3 is 24.8 Å². The minimum absolute atomic E-state index is 0.0528. The lowest BCUT2D eigenvalue weighted by Crippen LogP contribution is -2.52. The first-order valence-corrected chi connectivity index (χ1v) is 9.31. The van der Waals surface area contributed by atoms with E-state index in [4.69, 9.17) is 26.9 Å². The average Bonchev–Trinajstić information content (AvgIpc) is 3.00. The van der Waals surface area contributed by atoms with Crippen LogP contribution in [0.4, 0.5) is 4.79 Å². The molecule has 5 N–H and O–H groups in total. The number of ether oxygens (including phenoxy) is 2. The minimum Gasteiger partial charge on any atom is -0.444 e. The topological polar surface area (TPSA) is 139 Å². The highest BCUT2D eigenvalue weighted by Crippen LogP contribution is 2.25. The normalized spacial score (nSPS) is 23.3. The van der Waals surface area contributed by atoms with E-state index in [0.717, 1.165) is 0 Å². The molecule has 2 heterocycles. The first kappa shape index (κ1) is 22.4. The maximum Gasteiger partial charge on any atom is 0.410 e. The van der Waals surface area contributed by atoms with Gasteiger partial charge >= 0.3 is 6.09 Å². The highest BCUT2D eigenvalue weighted by Gasteiger charge is 2.39. The van der Waals surface area contributed by atoms with Gasteiger partial charge in [0.05, 0.1) is 18.4 Å². The highest BCUT2D eigenvalue weighted by molar-refractivity contribution is 6.32. The first-order chi connectivity index (χ1) is 12.8. The van der Waals surface area contributed by atoms with Gasteiger partial charge in [-0.1, -0.05) is 11.6 Å². The zero-order chi connectivity index (χ0) is 21.3. The monoisotopic (exact) mass is 417 g/mol. The van der Waals surface area contributed by atoms with E-state index >= 15 is 0 Å². The molecule has 158 valence electrons. The predicted molar refractivity (Wildman–Crippen MR) is 103 cm³/mol. The van der Waals surface area contributed by atoms with E-state index < -0.39 is 29.4 Å². The van der Waals surface area contributed by atoms with Crippen molar-refractivity contribution in [2.75, 3.05) is 13.1 Å². The van der Waals surface area contributed by atoms with E-state index in [1.165, 1.54) is 13.8 Å². The van der Waals surface area contributed by atoms with Gasteiger partial charge in [-0.05, 0) is 41.0 Å². The van der Waals surface area contributed by atoms with E-state index in [2.05, 4.69) is 10.3 Å². The SMILES string of the molecule is CC(C)(C)OC(=O)N1CC[C@@H](OC2NC(Cl)=C(C(=O)NN)N=C2C(C)(C)O)C1. The van der Waals surface area contributed by atoms with E-state index in [-0.39, 0.29) is 22.7 Å². The Morgan fingerprint density at radius 2 is 2.00 bits per heavy atom. The highest BCUT2D eigenvalue weighted by atomic mass is 35.5. The zero-order valence-electron chi connectivity index (χ0n) is 16.7. The van der Waals surface area contributed by atoms with Crippen molar-refractivity contribution >= 4 is 29.3 Å². The van der Waals surface area contributed by atoms with Crippen LogP contribution in [0, 0.1) is 0 Å². The fraction of sp³-hybridized carbons (Fsp3) is 0.706. The maximum atomic E-state index is 12.2. The summed E-state index contributed by atoms with van der Waals surface area (Å²) in [5.74, 6) is 4.44. The van der Waals surface area contributed by atoms with Crippen molar-refractivity contribution in [1.29, 1.82) is 0 Å². The Morgan fingerprint density at radius 1 is 1.36 bits per heavy atom. The molecule has 1 fully saturated rings. The van der Waals surface area contributed by atoms with E-state index in [9.17, 15) is 14.7 Å². The van der Waals surface area contributed by atoms with Crippen LogP contribution in [-0.2, 0) is 14.3 Å². The molecule has 1 unspecified atom stereocenters. The predicted octanol–water partition coefficient (Wildman–Crippen LogP) is 0.551. The lowest BCUT2D eigenvalue weighted by Gasteiger charge is -2.33. The Balaban J connectivity index is 2.10. The number of amides is 2. The maximum absolute atomic E-state index is 12.2. The number of aliphatic hydroxyl groups is 1. The quantitative estimate of drug-likeness (QED) is 0.227. The fourth-order valence-electron chi connectivity index (χ4n) is 2.78. The summed E-state index contributed by atoms with van der Waals surface area (Å²) in [5, 5.41) is 13.2. The standard InChI is InChI=1S/C17H28ClN5O5/c1-16(2,3)28-15(25)23-7-6-9(8-23)27-14-11(17(4,5)26)20-10(12(18)21-14)13(24)22-19/h9,14,21,26H,6-8,19H2,1-5H3,(H,22,24)/t9-,14?/m1/s1. The Hall–Kier alpha value is -1.88. The number of nitrogens with two attached hydrogens (primary N) is 1. The van der Waals surface area contributed by atoms with Crippen molar-refractivity contribution in [2.45, 2.75) is 64.6 Å². The van der Waals surface area contributed by atoms with Gasteiger partial charge in [0.2, 0.25) is 0 Å². The van der Waals surface area contributed by atoms with Crippen LogP contribution in [0.25, 0.3) is 0 Å². The van der Waals surface area contributed by atoms with Crippen LogP contribution in [0.5, 0.6) is 0 Å². The molecule has 2 aliphatic heterocycles.